The molecule has 2 rings (SSSR count). The number of aromatic amines is 1. The lowest BCUT2D eigenvalue weighted by molar-refractivity contribution is 0.0697. The van der Waals surface area contributed by atoms with E-state index in [1.165, 1.54) is 12.1 Å². The molecule has 2 N–H and O–H groups in total. The van der Waals surface area contributed by atoms with Crippen molar-refractivity contribution in [2.75, 3.05) is 0 Å². The summed E-state index contributed by atoms with van der Waals surface area (Å²) in [5.41, 5.74) is 0.226. The van der Waals surface area contributed by atoms with E-state index >= 15 is 0 Å². The number of halogens is 1. The number of carbonyl (C=O) groups is 1. The summed E-state index contributed by atoms with van der Waals surface area (Å²) in [4.78, 5) is 14.9. The molecule has 0 bridgehead atoms. The van der Waals surface area contributed by atoms with Gasteiger partial charge in [-0.25, -0.2) is 14.2 Å². The summed E-state index contributed by atoms with van der Waals surface area (Å²) in [5.74, 6) is -1.80. The Morgan fingerprint density at radius 2 is 2.31 bits per heavy atom. The van der Waals surface area contributed by atoms with Crippen LogP contribution in [0.25, 0.3) is 10.6 Å². The molecule has 1 heterocycles. The molecule has 82 valence electrons. The van der Waals surface area contributed by atoms with Crippen LogP contribution in [0.4, 0.5) is 4.39 Å². The summed E-state index contributed by atoms with van der Waals surface area (Å²) in [5, 5.41) is 9.36. The molecule has 16 heavy (non-hydrogen) atoms. The average Bonchev–Trinajstić information content (AvgIpc) is 2.64. The zero-order valence-corrected chi connectivity index (χ0v) is 9.36. The predicted molar refractivity (Wildman–Crippen MR) is 59.7 cm³/mol. The minimum Gasteiger partial charge on any atom is -0.478 e. The molecule has 1 aromatic heterocycles. The standard InChI is InChI=1S/C9H5FN2O2S2/c10-4-1-2-5(6(3-4)8(13)14)7-11-9(15)12-16-7/h1-3H,(H,12,15)(H,13,14). The average molecular weight is 256 g/mol. The summed E-state index contributed by atoms with van der Waals surface area (Å²) in [7, 11) is 0. The molecule has 0 unspecified atom stereocenters. The molecule has 1 aromatic carbocycles. The summed E-state index contributed by atoms with van der Waals surface area (Å²) in [6.45, 7) is 0. The third-order valence-electron chi connectivity index (χ3n) is 1.88. The number of rotatable bonds is 2. The molecule has 0 aliphatic rings. The number of carboxylic acids is 1. The SMILES string of the molecule is O=C(O)c1cc(F)ccc1-c1nc(=S)[nH]s1. The number of hydrogen-bond acceptors (Lipinski definition) is 4. The lowest BCUT2D eigenvalue weighted by Gasteiger charge is -2.01. The van der Waals surface area contributed by atoms with E-state index in [1.54, 1.807) is 0 Å². The minimum absolute atomic E-state index is 0.127. The maximum absolute atomic E-state index is 12.9. The van der Waals surface area contributed by atoms with Crippen LogP contribution in [0.3, 0.4) is 0 Å². The van der Waals surface area contributed by atoms with Crippen LogP contribution >= 0.6 is 23.8 Å². The number of H-pyrrole nitrogens is 1. The van der Waals surface area contributed by atoms with Gasteiger partial charge in [0.15, 0.2) is 0 Å². The lowest BCUT2D eigenvalue weighted by atomic mass is 10.1. The molecular weight excluding hydrogens is 251 g/mol. The first-order valence-electron chi connectivity index (χ1n) is 4.16. The van der Waals surface area contributed by atoms with E-state index in [0.29, 0.717) is 10.6 Å². The van der Waals surface area contributed by atoms with Gasteiger partial charge in [0.25, 0.3) is 0 Å². The van der Waals surface area contributed by atoms with Gasteiger partial charge in [-0.15, -0.1) is 0 Å². The van der Waals surface area contributed by atoms with E-state index in [-0.39, 0.29) is 10.3 Å². The molecule has 4 nitrogen and oxygen atoms in total. The summed E-state index contributed by atoms with van der Waals surface area (Å²) >= 11 is 5.90. The fourth-order valence-electron chi connectivity index (χ4n) is 1.22. The second-order valence-corrected chi connectivity index (χ2v) is 4.10. The molecule has 0 amide bonds. The van der Waals surface area contributed by atoms with Crippen molar-refractivity contribution < 1.29 is 14.3 Å². The normalized spacial score (nSPS) is 10.3. The van der Waals surface area contributed by atoms with E-state index < -0.39 is 11.8 Å². The molecule has 0 atom stereocenters. The van der Waals surface area contributed by atoms with E-state index in [4.69, 9.17) is 17.3 Å². The quantitative estimate of drug-likeness (QED) is 0.811. The second-order valence-electron chi connectivity index (χ2n) is 2.92. The largest absolute Gasteiger partial charge is 0.478 e. The fourth-order valence-corrected chi connectivity index (χ4v) is 2.15. The second kappa shape index (κ2) is 4.11. The Morgan fingerprint density at radius 1 is 1.56 bits per heavy atom. The molecule has 0 spiro atoms. The van der Waals surface area contributed by atoms with Crippen LogP contribution < -0.4 is 0 Å². The van der Waals surface area contributed by atoms with Crippen molar-refractivity contribution in [3.63, 3.8) is 0 Å². The lowest BCUT2D eigenvalue weighted by Crippen LogP contribution is -2.00. The number of hydrogen-bond donors (Lipinski definition) is 2. The molecule has 2 aromatic rings. The first kappa shape index (κ1) is 10.9. The van der Waals surface area contributed by atoms with Crippen LogP contribution in [0.5, 0.6) is 0 Å². The smallest absolute Gasteiger partial charge is 0.336 e. The number of nitrogens with one attached hydrogen (secondary N) is 1. The summed E-state index contributed by atoms with van der Waals surface area (Å²) in [6.07, 6.45) is 0. The van der Waals surface area contributed by atoms with Crippen molar-refractivity contribution in [1.29, 1.82) is 0 Å². The first-order chi connectivity index (χ1) is 7.58. The van der Waals surface area contributed by atoms with Gasteiger partial charge in [-0.05, 0) is 41.9 Å². The zero-order chi connectivity index (χ0) is 11.7. The molecular formula is C9H5FN2O2S2. The van der Waals surface area contributed by atoms with Crippen LogP contribution in [-0.2, 0) is 0 Å². The van der Waals surface area contributed by atoms with Gasteiger partial charge in [0.2, 0.25) is 4.77 Å². The number of benzene rings is 1. The van der Waals surface area contributed by atoms with Gasteiger partial charge in [-0.3, -0.25) is 4.37 Å². The topological polar surface area (TPSA) is 66.0 Å². The van der Waals surface area contributed by atoms with E-state index in [1.807, 2.05) is 0 Å². The van der Waals surface area contributed by atoms with Crippen molar-refractivity contribution >= 4 is 29.7 Å². The highest BCUT2D eigenvalue weighted by Crippen LogP contribution is 2.25. The maximum atomic E-state index is 12.9. The van der Waals surface area contributed by atoms with Gasteiger partial charge in [-0.2, -0.15) is 0 Å². The van der Waals surface area contributed by atoms with E-state index in [0.717, 1.165) is 17.6 Å². The van der Waals surface area contributed by atoms with E-state index in [9.17, 15) is 9.18 Å². The van der Waals surface area contributed by atoms with Crippen molar-refractivity contribution in [2.24, 2.45) is 0 Å². The number of nitrogens with zero attached hydrogens (tertiary/aromatic N) is 1. The van der Waals surface area contributed by atoms with Gasteiger partial charge in [-0.1, -0.05) is 0 Å². The molecule has 0 aliphatic carbocycles. The van der Waals surface area contributed by atoms with Crippen LogP contribution in [0, 0.1) is 10.6 Å². The van der Waals surface area contributed by atoms with Crippen molar-refractivity contribution in [2.45, 2.75) is 0 Å². The number of aromatic carboxylic acids is 1. The third kappa shape index (κ3) is 2.00. The van der Waals surface area contributed by atoms with Gasteiger partial charge >= 0.3 is 5.97 Å². The summed E-state index contributed by atoms with van der Waals surface area (Å²) in [6, 6.07) is 3.52. The first-order valence-corrected chi connectivity index (χ1v) is 5.39. The van der Waals surface area contributed by atoms with Gasteiger partial charge in [0.05, 0.1) is 5.56 Å². The van der Waals surface area contributed by atoms with Crippen molar-refractivity contribution in [3.8, 4) is 10.6 Å². The van der Waals surface area contributed by atoms with Crippen LogP contribution in [-0.4, -0.2) is 20.4 Å². The van der Waals surface area contributed by atoms with Gasteiger partial charge in [0, 0.05) is 5.56 Å². The Kier molecular flexibility index (Phi) is 2.80. The monoisotopic (exact) mass is 256 g/mol. The Morgan fingerprint density at radius 3 is 2.88 bits per heavy atom. The summed E-state index contributed by atoms with van der Waals surface area (Å²) < 4.78 is 15.9. The molecule has 7 heteroatoms. The van der Waals surface area contributed by atoms with Crippen molar-refractivity contribution in [1.82, 2.24) is 9.36 Å². The fraction of sp³-hybridized carbons (Fsp3) is 0. The van der Waals surface area contributed by atoms with E-state index in [2.05, 4.69) is 9.36 Å². The Balaban J connectivity index is 2.64. The maximum Gasteiger partial charge on any atom is 0.336 e. The van der Waals surface area contributed by atoms with Gasteiger partial charge in [0.1, 0.15) is 10.8 Å². The molecule has 0 radical (unpaired) electrons. The minimum atomic E-state index is -1.20. The molecule has 0 saturated heterocycles. The van der Waals surface area contributed by atoms with Crippen molar-refractivity contribution in [3.05, 3.63) is 34.4 Å². The Labute approximate surface area is 98.6 Å². The Hall–Kier alpha value is -1.60. The zero-order valence-electron chi connectivity index (χ0n) is 7.73. The molecule has 0 fully saturated rings. The highest BCUT2D eigenvalue weighted by Gasteiger charge is 2.14. The van der Waals surface area contributed by atoms with Crippen LogP contribution in [0.1, 0.15) is 10.4 Å². The van der Waals surface area contributed by atoms with Crippen LogP contribution in [0.15, 0.2) is 18.2 Å². The number of aromatic nitrogens is 2. The predicted octanol–water partition coefficient (Wildman–Crippen LogP) is 2.70. The molecule has 0 saturated carbocycles. The van der Waals surface area contributed by atoms with Crippen LogP contribution in [0.2, 0.25) is 0 Å². The highest BCUT2D eigenvalue weighted by atomic mass is 32.1. The number of carboxylic acid groups (broad SMARTS) is 1. The third-order valence-corrected chi connectivity index (χ3v) is 3.00. The molecule has 0 aliphatic heterocycles. The van der Waals surface area contributed by atoms with Gasteiger partial charge < -0.3 is 5.11 Å². The Bertz CT molecular complexity index is 606. The highest BCUT2D eigenvalue weighted by molar-refractivity contribution is 7.71.